The van der Waals surface area contributed by atoms with Crippen LogP contribution in [0.1, 0.15) is 22.5 Å². The quantitative estimate of drug-likeness (QED) is 0.764. The first-order chi connectivity index (χ1) is 8.27. The van der Waals surface area contributed by atoms with Crippen molar-refractivity contribution in [3.05, 3.63) is 41.2 Å². The first-order valence-corrected chi connectivity index (χ1v) is 5.86. The lowest BCUT2D eigenvalue weighted by Crippen LogP contribution is -2.30. The molecule has 1 aliphatic heterocycles. The second-order valence-electron chi connectivity index (χ2n) is 4.17. The number of hydrogen-bond donors (Lipinski definition) is 2. The molecule has 0 aliphatic carbocycles. The van der Waals surface area contributed by atoms with Gasteiger partial charge in [-0.1, -0.05) is 17.7 Å². The molecule has 2 rings (SSSR count). The van der Waals surface area contributed by atoms with Gasteiger partial charge in [0.15, 0.2) is 0 Å². The van der Waals surface area contributed by atoms with Crippen LogP contribution in [0, 0.1) is 6.92 Å². The van der Waals surface area contributed by atoms with E-state index in [1.54, 1.807) is 6.20 Å². The molecule has 1 aromatic heterocycles. The van der Waals surface area contributed by atoms with Gasteiger partial charge in [-0.25, -0.2) is 0 Å². The second-order valence-corrected chi connectivity index (χ2v) is 4.17. The normalized spacial score (nSPS) is 15.2. The molecule has 0 saturated carbocycles. The molecule has 2 N–H and O–H groups in total. The van der Waals surface area contributed by atoms with Crippen molar-refractivity contribution < 1.29 is 4.79 Å². The van der Waals surface area contributed by atoms with Crippen LogP contribution in [0.15, 0.2) is 30.0 Å². The molecule has 0 fully saturated rings. The van der Waals surface area contributed by atoms with Gasteiger partial charge in [-0.3, -0.25) is 9.78 Å². The molecule has 17 heavy (non-hydrogen) atoms. The first-order valence-electron chi connectivity index (χ1n) is 5.86. The molecule has 1 aliphatic rings. The molecule has 1 aromatic rings. The topological polar surface area (TPSA) is 54.0 Å². The molecule has 0 unspecified atom stereocenters. The third kappa shape index (κ3) is 3.14. The summed E-state index contributed by atoms with van der Waals surface area (Å²) >= 11 is 0. The predicted molar refractivity (Wildman–Crippen MR) is 66.9 cm³/mol. The summed E-state index contributed by atoms with van der Waals surface area (Å²) in [4.78, 5) is 16.0. The van der Waals surface area contributed by atoms with E-state index in [1.807, 2.05) is 19.1 Å². The number of carbonyl (C=O) groups is 1. The van der Waals surface area contributed by atoms with E-state index in [0.717, 1.165) is 25.1 Å². The number of rotatable bonds is 3. The van der Waals surface area contributed by atoms with E-state index in [2.05, 4.69) is 21.7 Å². The van der Waals surface area contributed by atoms with E-state index in [0.29, 0.717) is 12.2 Å². The number of nitrogens with zero attached hydrogens (tertiary/aromatic N) is 1. The van der Waals surface area contributed by atoms with Crippen LogP contribution in [0.25, 0.3) is 0 Å². The fourth-order valence-electron chi connectivity index (χ4n) is 1.83. The van der Waals surface area contributed by atoms with E-state index < -0.39 is 0 Å². The molecule has 2 heterocycles. The Hall–Kier alpha value is -1.68. The van der Waals surface area contributed by atoms with Crippen LogP contribution >= 0.6 is 0 Å². The van der Waals surface area contributed by atoms with Gasteiger partial charge in [0.05, 0.1) is 0 Å². The minimum absolute atomic E-state index is 0.0949. The van der Waals surface area contributed by atoms with Crippen LogP contribution in [0.3, 0.4) is 0 Å². The van der Waals surface area contributed by atoms with Crippen molar-refractivity contribution in [3.63, 3.8) is 0 Å². The van der Waals surface area contributed by atoms with E-state index in [9.17, 15) is 4.79 Å². The highest BCUT2D eigenvalue weighted by atomic mass is 16.1. The molecule has 4 heteroatoms. The summed E-state index contributed by atoms with van der Waals surface area (Å²) in [5.74, 6) is -0.0949. The van der Waals surface area contributed by atoms with Gasteiger partial charge in [0.2, 0.25) is 0 Å². The standard InChI is InChI=1S/C13H17N3O/c1-10-3-2-6-15-12(10)13(17)16-9-11-4-7-14-8-5-11/h2-4,6,14H,5,7-9H2,1H3,(H,16,17). The molecule has 1 amide bonds. The number of aromatic nitrogens is 1. The van der Waals surface area contributed by atoms with Crippen molar-refractivity contribution in [2.75, 3.05) is 19.6 Å². The van der Waals surface area contributed by atoms with Crippen molar-refractivity contribution in [3.8, 4) is 0 Å². The summed E-state index contributed by atoms with van der Waals surface area (Å²) in [6, 6.07) is 3.73. The van der Waals surface area contributed by atoms with Crippen LogP contribution < -0.4 is 10.6 Å². The van der Waals surface area contributed by atoms with Gasteiger partial charge in [-0.05, 0) is 31.5 Å². The van der Waals surface area contributed by atoms with Crippen molar-refractivity contribution in [1.82, 2.24) is 15.6 Å². The van der Waals surface area contributed by atoms with Crippen LogP contribution in [-0.4, -0.2) is 30.5 Å². The fourth-order valence-corrected chi connectivity index (χ4v) is 1.83. The number of nitrogens with one attached hydrogen (secondary N) is 2. The zero-order valence-electron chi connectivity index (χ0n) is 9.99. The smallest absolute Gasteiger partial charge is 0.270 e. The predicted octanol–water partition coefficient (Wildman–Crippen LogP) is 1.04. The molecule has 0 spiro atoms. The highest BCUT2D eigenvalue weighted by Gasteiger charge is 2.10. The lowest BCUT2D eigenvalue weighted by molar-refractivity contribution is 0.0951. The lowest BCUT2D eigenvalue weighted by Gasteiger charge is -2.14. The maximum absolute atomic E-state index is 11.9. The fraction of sp³-hybridized carbons (Fsp3) is 0.385. The van der Waals surface area contributed by atoms with Crippen LogP contribution in [0.2, 0.25) is 0 Å². The number of carbonyl (C=O) groups excluding carboxylic acids is 1. The van der Waals surface area contributed by atoms with Gasteiger partial charge in [-0.2, -0.15) is 0 Å². The third-order valence-corrected chi connectivity index (χ3v) is 2.86. The molecule has 0 aromatic carbocycles. The Morgan fingerprint density at radius 1 is 1.59 bits per heavy atom. The Kier molecular flexibility index (Phi) is 3.88. The Morgan fingerprint density at radius 2 is 2.47 bits per heavy atom. The van der Waals surface area contributed by atoms with Crippen molar-refractivity contribution >= 4 is 5.91 Å². The van der Waals surface area contributed by atoms with E-state index in [-0.39, 0.29) is 5.91 Å². The Bertz CT molecular complexity index is 440. The van der Waals surface area contributed by atoms with E-state index >= 15 is 0 Å². The monoisotopic (exact) mass is 231 g/mol. The Morgan fingerprint density at radius 3 is 3.18 bits per heavy atom. The number of amides is 1. The highest BCUT2D eigenvalue weighted by molar-refractivity contribution is 5.93. The van der Waals surface area contributed by atoms with Crippen LogP contribution in [0.4, 0.5) is 0 Å². The molecule has 4 nitrogen and oxygen atoms in total. The molecular formula is C13H17N3O. The SMILES string of the molecule is Cc1cccnc1C(=O)NCC1=CCNCC1. The molecular weight excluding hydrogens is 214 g/mol. The van der Waals surface area contributed by atoms with Gasteiger partial charge >= 0.3 is 0 Å². The summed E-state index contributed by atoms with van der Waals surface area (Å²) in [5.41, 5.74) is 2.71. The summed E-state index contributed by atoms with van der Waals surface area (Å²) < 4.78 is 0. The third-order valence-electron chi connectivity index (χ3n) is 2.86. The van der Waals surface area contributed by atoms with Crippen LogP contribution in [0.5, 0.6) is 0 Å². The Balaban J connectivity index is 1.93. The molecule has 0 bridgehead atoms. The van der Waals surface area contributed by atoms with E-state index in [1.165, 1.54) is 5.57 Å². The number of hydrogen-bond acceptors (Lipinski definition) is 3. The number of pyridine rings is 1. The average molecular weight is 231 g/mol. The second kappa shape index (κ2) is 5.59. The summed E-state index contributed by atoms with van der Waals surface area (Å²) in [7, 11) is 0. The molecule has 90 valence electrons. The summed E-state index contributed by atoms with van der Waals surface area (Å²) in [6.45, 7) is 4.40. The van der Waals surface area contributed by atoms with Crippen molar-refractivity contribution in [2.24, 2.45) is 0 Å². The van der Waals surface area contributed by atoms with Gasteiger partial charge in [-0.15, -0.1) is 0 Å². The largest absolute Gasteiger partial charge is 0.347 e. The minimum atomic E-state index is -0.0949. The van der Waals surface area contributed by atoms with Crippen molar-refractivity contribution in [1.29, 1.82) is 0 Å². The van der Waals surface area contributed by atoms with Crippen molar-refractivity contribution in [2.45, 2.75) is 13.3 Å². The molecule has 0 radical (unpaired) electrons. The molecule has 0 atom stereocenters. The number of aryl methyl sites for hydroxylation is 1. The summed E-state index contributed by atoms with van der Waals surface area (Å²) in [6.07, 6.45) is 4.78. The maximum atomic E-state index is 11.9. The lowest BCUT2D eigenvalue weighted by atomic mass is 10.1. The zero-order chi connectivity index (χ0) is 12.1. The van der Waals surface area contributed by atoms with Crippen LogP contribution in [-0.2, 0) is 0 Å². The van der Waals surface area contributed by atoms with Gasteiger partial charge in [0.25, 0.3) is 5.91 Å². The average Bonchev–Trinajstić information content (AvgIpc) is 2.38. The van der Waals surface area contributed by atoms with Gasteiger partial charge in [0, 0.05) is 19.3 Å². The first kappa shape index (κ1) is 11.8. The maximum Gasteiger partial charge on any atom is 0.270 e. The van der Waals surface area contributed by atoms with Gasteiger partial charge < -0.3 is 10.6 Å². The van der Waals surface area contributed by atoms with Gasteiger partial charge in [0.1, 0.15) is 5.69 Å². The minimum Gasteiger partial charge on any atom is -0.347 e. The zero-order valence-corrected chi connectivity index (χ0v) is 9.99. The highest BCUT2D eigenvalue weighted by Crippen LogP contribution is 2.05. The van der Waals surface area contributed by atoms with E-state index in [4.69, 9.17) is 0 Å². The summed E-state index contributed by atoms with van der Waals surface area (Å²) in [5, 5.41) is 6.15. The molecule has 0 saturated heterocycles. The Labute approximate surface area is 101 Å².